The monoisotopic (exact) mass is 310 g/mol. The Morgan fingerprint density at radius 1 is 1.32 bits per heavy atom. The van der Waals surface area contributed by atoms with E-state index in [-0.39, 0.29) is 0 Å². The second-order valence-electron chi connectivity index (χ2n) is 5.42. The summed E-state index contributed by atoms with van der Waals surface area (Å²) in [4.78, 5) is 12.0. The third-order valence-electron chi connectivity index (χ3n) is 3.11. The fourth-order valence-corrected chi connectivity index (χ4v) is 2.08. The first kappa shape index (κ1) is 18.0. The molecule has 0 radical (unpaired) electrons. The Labute approximate surface area is 131 Å². The molecule has 0 unspecified atom stereocenters. The Morgan fingerprint density at radius 3 is 2.68 bits per heavy atom. The molecule has 7 heteroatoms. The third-order valence-corrected chi connectivity index (χ3v) is 3.11. The van der Waals surface area contributed by atoms with E-state index in [1.807, 2.05) is 26.2 Å². The van der Waals surface area contributed by atoms with Crippen molar-refractivity contribution in [3.63, 3.8) is 0 Å². The SMILES string of the molecule is CNC(=C[N+](=O)[O-])NCCCCCc1ccc(CN(C)C)o1. The first-order chi connectivity index (χ1) is 10.5. The number of nitrogens with zero attached hydrogens (tertiary/aromatic N) is 2. The Kier molecular flexibility index (Phi) is 8.06. The molecule has 1 aromatic rings. The van der Waals surface area contributed by atoms with Crippen LogP contribution in [0, 0.1) is 10.1 Å². The largest absolute Gasteiger partial charge is 0.465 e. The summed E-state index contributed by atoms with van der Waals surface area (Å²) in [5, 5.41) is 16.1. The zero-order chi connectivity index (χ0) is 16.4. The van der Waals surface area contributed by atoms with Crippen LogP contribution in [0.15, 0.2) is 28.6 Å². The van der Waals surface area contributed by atoms with Crippen molar-refractivity contribution < 1.29 is 9.34 Å². The van der Waals surface area contributed by atoms with Crippen molar-refractivity contribution in [2.45, 2.75) is 32.2 Å². The summed E-state index contributed by atoms with van der Waals surface area (Å²) < 4.78 is 5.75. The minimum Gasteiger partial charge on any atom is -0.465 e. The van der Waals surface area contributed by atoms with E-state index in [9.17, 15) is 10.1 Å². The van der Waals surface area contributed by atoms with Crippen molar-refractivity contribution >= 4 is 0 Å². The van der Waals surface area contributed by atoms with Gasteiger partial charge >= 0.3 is 0 Å². The lowest BCUT2D eigenvalue weighted by atomic mass is 10.1. The lowest BCUT2D eigenvalue weighted by Crippen LogP contribution is -2.25. The summed E-state index contributed by atoms with van der Waals surface area (Å²) in [5.74, 6) is 2.45. The van der Waals surface area contributed by atoms with E-state index in [1.54, 1.807) is 7.05 Å². The van der Waals surface area contributed by atoms with Gasteiger partial charge in [-0.05, 0) is 39.1 Å². The molecule has 0 amide bonds. The van der Waals surface area contributed by atoms with E-state index in [2.05, 4.69) is 15.5 Å². The lowest BCUT2D eigenvalue weighted by Gasteiger charge is -2.07. The van der Waals surface area contributed by atoms with Gasteiger partial charge in [0, 0.05) is 20.0 Å². The van der Waals surface area contributed by atoms with Crippen LogP contribution >= 0.6 is 0 Å². The highest BCUT2D eigenvalue weighted by Crippen LogP contribution is 2.12. The quantitative estimate of drug-likeness (QED) is 0.369. The third kappa shape index (κ3) is 7.68. The lowest BCUT2D eigenvalue weighted by molar-refractivity contribution is -0.404. The molecule has 0 spiro atoms. The van der Waals surface area contributed by atoms with Crippen molar-refractivity contribution in [2.24, 2.45) is 0 Å². The van der Waals surface area contributed by atoms with Gasteiger partial charge in [-0.3, -0.25) is 10.1 Å². The molecule has 0 saturated carbocycles. The normalized spacial score (nSPS) is 11.7. The molecule has 0 bridgehead atoms. The van der Waals surface area contributed by atoms with Crippen molar-refractivity contribution in [1.82, 2.24) is 15.5 Å². The Balaban J connectivity index is 2.15. The smallest absolute Gasteiger partial charge is 0.274 e. The highest BCUT2D eigenvalue weighted by atomic mass is 16.6. The van der Waals surface area contributed by atoms with E-state index in [0.717, 1.165) is 49.9 Å². The maximum absolute atomic E-state index is 10.4. The molecule has 1 aromatic heterocycles. The highest BCUT2D eigenvalue weighted by Gasteiger charge is 2.03. The van der Waals surface area contributed by atoms with Gasteiger partial charge in [0.1, 0.15) is 11.5 Å². The molecule has 22 heavy (non-hydrogen) atoms. The average Bonchev–Trinajstić information content (AvgIpc) is 2.87. The summed E-state index contributed by atoms with van der Waals surface area (Å²) in [6, 6.07) is 4.06. The van der Waals surface area contributed by atoms with Gasteiger partial charge in [-0.2, -0.15) is 0 Å². The second kappa shape index (κ2) is 9.83. The van der Waals surface area contributed by atoms with Crippen LogP contribution in [0.4, 0.5) is 0 Å². The van der Waals surface area contributed by atoms with E-state index >= 15 is 0 Å². The molecule has 0 fully saturated rings. The first-order valence-corrected chi connectivity index (χ1v) is 7.50. The van der Waals surface area contributed by atoms with Crippen molar-refractivity contribution in [1.29, 1.82) is 0 Å². The maximum Gasteiger partial charge on any atom is 0.274 e. The topological polar surface area (TPSA) is 83.6 Å². The summed E-state index contributed by atoms with van der Waals surface area (Å²) in [5.41, 5.74) is 0. The zero-order valence-corrected chi connectivity index (χ0v) is 13.6. The molecule has 7 nitrogen and oxygen atoms in total. The van der Waals surface area contributed by atoms with Gasteiger partial charge in [0.15, 0.2) is 5.82 Å². The molecule has 0 aliphatic heterocycles. The average molecular weight is 310 g/mol. The number of hydrogen-bond donors (Lipinski definition) is 2. The second-order valence-corrected chi connectivity index (χ2v) is 5.42. The van der Waals surface area contributed by atoms with E-state index < -0.39 is 4.92 Å². The molecule has 0 saturated heterocycles. The first-order valence-electron chi connectivity index (χ1n) is 7.50. The standard InChI is InChI=1S/C15H26N4O3/c1-16-15(12-19(20)21)17-10-6-4-5-7-13-8-9-14(22-13)11-18(2)3/h8-9,12,16-17H,4-7,10-11H2,1-3H3. The Morgan fingerprint density at radius 2 is 2.05 bits per heavy atom. The van der Waals surface area contributed by atoms with Gasteiger partial charge in [0.05, 0.1) is 11.5 Å². The zero-order valence-electron chi connectivity index (χ0n) is 13.6. The summed E-state index contributed by atoms with van der Waals surface area (Å²) in [6.07, 6.45) is 4.92. The predicted octanol–water partition coefficient (Wildman–Crippen LogP) is 1.94. The molecule has 0 aromatic carbocycles. The van der Waals surface area contributed by atoms with Crippen LogP contribution in [-0.4, -0.2) is 37.5 Å². The van der Waals surface area contributed by atoms with E-state index in [1.165, 1.54) is 0 Å². The van der Waals surface area contributed by atoms with Gasteiger partial charge in [-0.25, -0.2) is 0 Å². The van der Waals surface area contributed by atoms with Crippen LogP contribution < -0.4 is 10.6 Å². The number of hydrogen-bond acceptors (Lipinski definition) is 6. The van der Waals surface area contributed by atoms with E-state index in [4.69, 9.17) is 4.42 Å². The number of furan rings is 1. The van der Waals surface area contributed by atoms with Crippen molar-refractivity contribution in [3.8, 4) is 0 Å². The molecule has 0 aliphatic rings. The molecule has 1 heterocycles. The van der Waals surface area contributed by atoms with Gasteiger partial charge in [0.25, 0.3) is 6.20 Å². The number of nitrogens with one attached hydrogen (secondary N) is 2. The van der Waals surface area contributed by atoms with Crippen LogP contribution in [0.5, 0.6) is 0 Å². The molecular formula is C15H26N4O3. The van der Waals surface area contributed by atoms with Gasteiger partial charge in [0.2, 0.25) is 0 Å². The van der Waals surface area contributed by atoms with E-state index in [0.29, 0.717) is 12.4 Å². The van der Waals surface area contributed by atoms with Crippen LogP contribution in [0.2, 0.25) is 0 Å². The minimum absolute atomic E-state index is 0.435. The fraction of sp³-hybridized carbons (Fsp3) is 0.600. The van der Waals surface area contributed by atoms with Crippen molar-refractivity contribution in [2.75, 3.05) is 27.7 Å². The van der Waals surface area contributed by atoms with Gasteiger partial charge in [-0.15, -0.1) is 0 Å². The minimum atomic E-state index is -0.471. The highest BCUT2D eigenvalue weighted by molar-refractivity contribution is 5.07. The molecule has 1 rings (SSSR count). The molecule has 124 valence electrons. The number of aryl methyl sites for hydroxylation is 1. The Hall–Kier alpha value is -2.02. The fourth-order valence-electron chi connectivity index (χ4n) is 2.08. The van der Waals surface area contributed by atoms with Crippen LogP contribution in [-0.2, 0) is 13.0 Å². The summed E-state index contributed by atoms with van der Waals surface area (Å²) in [7, 11) is 5.69. The van der Waals surface area contributed by atoms with Crippen LogP contribution in [0.3, 0.4) is 0 Å². The van der Waals surface area contributed by atoms with Gasteiger partial charge < -0.3 is 20.0 Å². The number of rotatable bonds is 11. The van der Waals surface area contributed by atoms with Gasteiger partial charge in [-0.1, -0.05) is 6.42 Å². The van der Waals surface area contributed by atoms with Crippen LogP contribution in [0.1, 0.15) is 30.8 Å². The maximum atomic E-state index is 10.4. The number of nitro groups is 1. The molecule has 0 atom stereocenters. The summed E-state index contributed by atoms with van der Waals surface area (Å²) in [6.45, 7) is 1.53. The summed E-state index contributed by atoms with van der Waals surface area (Å²) >= 11 is 0. The van der Waals surface area contributed by atoms with Crippen molar-refractivity contribution in [3.05, 3.63) is 45.8 Å². The molecule has 2 N–H and O–H groups in total. The van der Waals surface area contributed by atoms with Crippen LogP contribution in [0.25, 0.3) is 0 Å². The Bertz CT molecular complexity index is 483. The molecule has 0 aliphatic carbocycles. The predicted molar refractivity (Wildman–Crippen MR) is 85.8 cm³/mol. The molecular weight excluding hydrogens is 284 g/mol. The number of unbranched alkanes of at least 4 members (excludes halogenated alkanes) is 2.